The molecule has 166 valence electrons. The molecular weight excluding hydrogens is 434 g/mol. The SMILES string of the molecule is N#Cc1cc([N+](=O)[O-])ccc1Oc1ccc(/C=N/NC(=O)c2ccccc2-n2cccc2)cc1. The highest BCUT2D eigenvalue weighted by Gasteiger charge is 2.13. The van der Waals surface area contributed by atoms with E-state index in [0.29, 0.717) is 16.9 Å². The Kier molecular flexibility index (Phi) is 6.42. The molecule has 34 heavy (non-hydrogen) atoms. The molecule has 4 rings (SSSR count). The van der Waals surface area contributed by atoms with Crippen LogP contribution in [0.15, 0.2) is 96.4 Å². The third kappa shape index (κ3) is 4.98. The highest BCUT2D eigenvalue weighted by atomic mass is 16.6. The molecule has 1 heterocycles. The number of benzene rings is 3. The third-order valence-corrected chi connectivity index (χ3v) is 4.81. The number of ether oxygens (including phenoxy) is 1. The average Bonchev–Trinajstić information content (AvgIpc) is 3.40. The molecule has 0 spiro atoms. The number of non-ortho nitro benzene ring substituents is 1. The quantitative estimate of drug-likeness (QED) is 0.245. The molecule has 0 bridgehead atoms. The number of nitro groups is 1. The smallest absolute Gasteiger partial charge is 0.273 e. The Morgan fingerprint density at radius 3 is 2.50 bits per heavy atom. The van der Waals surface area contributed by atoms with Gasteiger partial charge in [-0.05, 0) is 60.2 Å². The number of amides is 1. The third-order valence-electron chi connectivity index (χ3n) is 4.81. The van der Waals surface area contributed by atoms with Gasteiger partial charge < -0.3 is 9.30 Å². The first kappa shape index (κ1) is 22.0. The second kappa shape index (κ2) is 9.93. The first-order valence-electron chi connectivity index (χ1n) is 10.1. The molecule has 1 N–H and O–H groups in total. The van der Waals surface area contributed by atoms with Crippen LogP contribution in [0.5, 0.6) is 11.5 Å². The van der Waals surface area contributed by atoms with Gasteiger partial charge in [-0.15, -0.1) is 0 Å². The van der Waals surface area contributed by atoms with Crippen molar-refractivity contribution in [3.05, 3.63) is 118 Å². The average molecular weight is 451 g/mol. The molecule has 0 radical (unpaired) electrons. The van der Waals surface area contributed by atoms with E-state index in [2.05, 4.69) is 10.5 Å². The molecule has 0 aliphatic rings. The summed E-state index contributed by atoms with van der Waals surface area (Å²) in [7, 11) is 0. The molecule has 0 fully saturated rings. The van der Waals surface area contributed by atoms with Gasteiger partial charge in [-0.1, -0.05) is 12.1 Å². The van der Waals surface area contributed by atoms with Gasteiger partial charge in [0.25, 0.3) is 11.6 Å². The molecule has 3 aromatic carbocycles. The zero-order valence-electron chi connectivity index (χ0n) is 17.7. The summed E-state index contributed by atoms with van der Waals surface area (Å²) in [5, 5.41) is 24.1. The van der Waals surface area contributed by atoms with Crippen molar-refractivity contribution in [2.24, 2.45) is 5.10 Å². The van der Waals surface area contributed by atoms with Crippen molar-refractivity contribution in [1.29, 1.82) is 5.26 Å². The lowest BCUT2D eigenvalue weighted by Gasteiger charge is -2.09. The maximum Gasteiger partial charge on any atom is 0.273 e. The van der Waals surface area contributed by atoms with Gasteiger partial charge in [-0.25, -0.2) is 5.43 Å². The van der Waals surface area contributed by atoms with Crippen molar-refractivity contribution < 1.29 is 14.5 Å². The number of carbonyl (C=O) groups excluding carboxylic acids is 1. The second-order valence-corrected chi connectivity index (χ2v) is 7.03. The Morgan fingerprint density at radius 2 is 1.79 bits per heavy atom. The molecule has 0 saturated carbocycles. The predicted molar refractivity (Wildman–Crippen MR) is 125 cm³/mol. The number of hydrogen-bond acceptors (Lipinski definition) is 6. The van der Waals surface area contributed by atoms with Gasteiger partial charge in [-0.3, -0.25) is 14.9 Å². The number of rotatable bonds is 7. The Morgan fingerprint density at radius 1 is 1.06 bits per heavy atom. The number of para-hydroxylation sites is 1. The summed E-state index contributed by atoms with van der Waals surface area (Å²) < 4.78 is 7.52. The summed E-state index contributed by atoms with van der Waals surface area (Å²) in [6, 6.07) is 23.4. The fraction of sp³-hybridized carbons (Fsp3) is 0. The van der Waals surface area contributed by atoms with Gasteiger partial charge >= 0.3 is 0 Å². The molecule has 4 aromatic rings. The topological polar surface area (TPSA) is 123 Å². The highest BCUT2D eigenvalue weighted by Crippen LogP contribution is 2.28. The van der Waals surface area contributed by atoms with Crippen LogP contribution in [0.1, 0.15) is 21.5 Å². The van der Waals surface area contributed by atoms with Crippen molar-refractivity contribution in [1.82, 2.24) is 9.99 Å². The largest absolute Gasteiger partial charge is 0.456 e. The van der Waals surface area contributed by atoms with Crippen LogP contribution in [-0.2, 0) is 0 Å². The molecule has 9 nitrogen and oxygen atoms in total. The van der Waals surface area contributed by atoms with E-state index in [-0.39, 0.29) is 22.9 Å². The van der Waals surface area contributed by atoms with Crippen molar-refractivity contribution >= 4 is 17.8 Å². The minimum atomic E-state index is -0.573. The van der Waals surface area contributed by atoms with Crippen molar-refractivity contribution in [2.45, 2.75) is 0 Å². The van der Waals surface area contributed by atoms with E-state index in [4.69, 9.17) is 4.74 Å². The van der Waals surface area contributed by atoms with Crippen LogP contribution < -0.4 is 10.2 Å². The lowest BCUT2D eigenvalue weighted by molar-refractivity contribution is -0.384. The van der Waals surface area contributed by atoms with Gasteiger partial charge in [0.15, 0.2) is 0 Å². The predicted octanol–water partition coefficient (Wildman–Crippen LogP) is 4.81. The maximum absolute atomic E-state index is 12.6. The Balaban J connectivity index is 1.41. The number of hydrazone groups is 1. The van der Waals surface area contributed by atoms with Crippen LogP contribution in [0.3, 0.4) is 0 Å². The number of aromatic nitrogens is 1. The van der Waals surface area contributed by atoms with Gasteiger partial charge in [-0.2, -0.15) is 10.4 Å². The number of nitriles is 1. The van der Waals surface area contributed by atoms with Crippen LogP contribution in [0.2, 0.25) is 0 Å². The van der Waals surface area contributed by atoms with E-state index in [1.54, 1.807) is 36.4 Å². The van der Waals surface area contributed by atoms with Crippen LogP contribution >= 0.6 is 0 Å². The molecule has 0 saturated heterocycles. The van der Waals surface area contributed by atoms with Gasteiger partial charge in [0.05, 0.1) is 22.4 Å². The van der Waals surface area contributed by atoms with E-state index in [0.717, 1.165) is 11.8 Å². The summed E-state index contributed by atoms with van der Waals surface area (Å²) in [5.74, 6) is 0.304. The van der Waals surface area contributed by atoms with E-state index in [9.17, 15) is 20.2 Å². The Hall–Kier alpha value is -5.23. The minimum Gasteiger partial charge on any atom is -0.456 e. The first-order chi connectivity index (χ1) is 16.5. The Bertz CT molecular complexity index is 1400. The summed E-state index contributed by atoms with van der Waals surface area (Å²) in [6.07, 6.45) is 5.21. The minimum absolute atomic E-state index is 0.0581. The standard InChI is InChI=1S/C25H17N5O4/c26-16-19-15-20(30(32)33)9-12-24(19)34-21-10-7-18(8-11-21)17-27-28-25(31)22-5-1-2-6-23(22)29-13-3-4-14-29/h1-15,17H,(H,28,31)/b27-17+. The lowest BCUT2D eigenvalue weighted by Crippen LogP contribution is -2.19. The fourth-order valence-corrected chi connectivity index (χ4v) is 3.17. The molecule has 0 aliphatic carbocycles. The van der Waals surface area contributed by atoms with Crippen LogP contribution in [-0.4, -0.2) is 21.6 Å². The Labute approximate surface area is 194 Å². The summed E-state index contributed by atoms with van der Waals surface area (Å²) in [5.41, 5.74) is 4.33. The van der Waals surface area contributed by atoms with E-state index in [1.165, 1.54) is 18.3 Å². The molecular formula is C25H17N5O4. The fourth-order valence-electron chi connectivity index (χ4n) is 3.17. The molecule has 0 unspecified atom stereocenters. The van der Waals surface area contributed by atoms with Crippen LogP contribution in [0.4, 0.5) is 5.69 Å². The zero-order valence-corrected chi connectivity index (χ0v) is 17.7. The van der Waals surface area contributed by atoms with Crippen LogP contribution in [0, 0.1) is 21.4 Å². The van der Waals surface area contributed by atoms with Gasteiger partial charge in [0.1, 0.15) is 23.1 Å². The normalized spacial score (nSPS) is 10.6. The van der Waals surface area contributed by atoms with Crippen molar-refractivity contribution in [2.75, 3.05) is 0 Å². The molecule has 0 aliphatic heterocycles. The number of carbonyl (C=O) groups is 1. The van der Waals surface area contributed by atoms with Crippen LogP contribution in [0.25, 0.3) is 5.69 Å². The highest BCUT2D eigenvalue weighted by molar-refractivity contribution is 5.98. The molecule has 1 amide bonds. The first-order valence-corrected chi connectivity index (χ1v) is 10.1. The number of nitrogens with one attached hydrogen (secondary N) is 1. The maximum atomic E-state index is 12.6. The molecule has 0 atom stereocenters. The van der Waals surface area contributed by atoms with E-state index >= 15 is 0 Å². The zero-order chi connectivity index (χ0) is 23.9. The number of nitro benzene ring substituents is 1. The number of nitrogens with zero attached hydrogens (tertiary/aromatic N) is 4. The van der Waals surface area contributed by atoms with E-state index < -0.39 is 4.92 Å². The second-order valence-electron chi connectivity index (χ2n) is 7.03. The molecule has 9 heteroatoms. The summed E-state index contributed by atoms with van der Waals surface area (Å²) in [6.45, 7) is 0. The summed E-state index contributed by atoms with van der Waals surface area (Å²) in [4.78, 5) is 22.9. The monoisotopic (exact) mass is 451 g/mol. The molecule has 1 aromatic heterocycles. The van der Waals surface area contributed by atoms with E-state index in [1.807, 2.05) is 47.3 Å². The van der Waals surface area contributed by atoms with Crippen molar-refractivity contribution in [3.63, 3.8) is 0 Å². The summed E-state index contributed by atoms with van der Waals surface area (Å²) >= 11 is 0. The van der Waals surface area contributed by atoms with Gasteiger partial charge in [0, 0.05) is 24.5 Å². The van der Waals surface area contributed by atoms with Crippen molar-refractivity contribution in [3.8, 4) is 23.3 Å². The number of hydrogen-bond donors (Lipinski definition) is 1. The van der Waals surface area contributed by atoms with Gasteiger partial charge in [0.2, 0.25) is 0 Å². The lowest BCUT2D eigenvalue weighted by atomic mass is 10.1.